The minimum absolute atomic E-state index is 0.396. The van der Waals surface area contributed by atoms with Crippen LogP contribution in [0.4, 0.5) is 0 Å². The van der Waals surface area contributed by atoms with Crippen molar-refractivity contribution in [2.75, 3.05) is 6.54 Å². The Labute approximate surface area is 185 Å². The Balaban J connectivity index is 1.90. The van der Waals surface area contributed by atoms with E-state index < -0.39 is 6.10 Å². The van der Waals surface area contributed by atoms with Crippen molar-refractivity contribution in [2.45, 2.75) is 45.9 Å². The summed E-state index contributed by atoms with van der Waals surface area (Å²) >= 11 is 0. The zero-order valence-electron chi connectivity index (χ0n) is 18.7. The molecule has 4 aromatic rings. The molecule has 0 unspecified atom stereocenters. The summed E-state index contributed by atoms with van der Waals surface area (Å²) in [6.07, 6.45) is 0.572. The van der Waals surface area contributed by atoms with Crippen molar-refractivity contribution in [1.29, 1.82) is 0 Å². The van der Waals surface area contributed by atoms with Crippen LogP contribution in [0.2, 0.25) is 0 Å². The third kappa shape index (κ3) is 4.58. The van der Waals surface area contributed by atoms with E-state index in [4.69, 9.17) is 0 Å². The van der Waals surface area contributed by atoms with Crippen LogP contribution in [0.1, 0.15) is 25.8 Å². The highest BCUT2D eigenvalue weighted by atomic mass is 16.3. The van der Waals surface area contributed by atoms with Crippen LogP contribution in [0, 0.1) is 6.92 Å². The van der Waals surface area contributed by atoms with Gasteiger partial charge in [0.1, 0.15) is 0 Å². The second kappa shape index (κ2) is 9.51. The molecule has 0 saturated carbocycles. The molecular weight excluding hydrogens is 380 g/mol. The smallest absolute Gasteiger partial charge is 0.0843 e. The molecule has 0 radical (unpaired) electrons. The predicted octanol–water partition coefficient (Wildman–Crippen LogP) is 6.03. The fraction of sp³-hybridized carbons (Fsp3) is 0.286. The molecule has 31 heavy (non-hydrogen) atoms. The number of rotatable bonds is 8. The van der Waals surface area contributed by atoms with Gasteiger partial charge in [-0.2, -0.15) is 0 Å². The lowest BCUT2D eigenvalue weighted by molar-refractivity contribution is 0.150. The van der Waals surface area contributed by atoms with Gasteiger partial charge in [-0.1, -0.05) is 79.2 Å². The Morgan fingerprint density at radius 1 is 0.903 bits per heavy atom. The van der Waals surface area contributed by atoms with Crippen molar-refractivity contribution in [1.82, 2.24) is 9.88 Å². The van der Waals surface area contributed by atoms with Crippen molar-refractivity contribution in [3.05, 3.63) is 84.4 Å². The van der Waals surface area contributed by atoms with E-state index in [2.05, 4.69) is 103 Å². The fourth-order valence-electron chi connectivity index (χ4n) is 4.21. The van der Waals surface area contributed by atoms with Crippen LogP contribution in [-0.2, 0) is 6.54 Å². The summed E-state index contributed by atoms with van der Waals surface area (Å²) in [5, 5.41) is 15.6. The molecule has 2 N–H and O–H groups in total. The Kier molecular flexibility index (Phi) is 6.55. The standard InChI is InChI=1S/C28H32N2O/c1-4-21(3)29-18-24(31)19-30-26-16-15-20(2)17-25(26)27(22-11-7-5-8-12-22)28(30)23-13-9-6-10-14-23/h5-17,21,24,29,31H,4,18-19H2,1-3H3/t21-,24+/m0/s1. The Bertz CT molecular complexity index is 1130. The van der Waals surface area contributed by atoms with Gasteiger partial charge in [0.05, 0.1) is 18.3 Å². The van der Waals surface area contributed by atoms with E-state index in [1.165, 1.54) is 22.1 Å². The SMILES string of the molecule is CC[C@H](C)NC[C@@H](O)Cn1c(-c2ccccc2)c(-c2ccccc2)c2cc(C)ccc21. The second-order valence-corrected chi connectivity index (χ2v) is 8.46. The van der Waals surface area contributed by atoms with E-state index >= 15 is 0 Å². The summed E-state index contributed by atoms with van der Waals surface area (Å²) in [7, 11) is 0. The number of aromatic nitrogens is 1. The molecule has 0 spiro atoms. The van der Waals surface area contributed by atoms with E-state index in [9.17, 15) is 5.11 Å². The van der Waals surface area contributed by atoms with Crippen molar-refractivity contribution < 1.29 is 5.11 Å². The van der Waals surface area contributed by atoms with E-state index in [0.29, 0.717) is 19.1 Å². The van der Waals surface area contributed by atoms with Crippen LogP contribution in [0.15, 0.2) is 78.9 Å². The van der Waals surface area contributed by atoms with Crippen molar-refractivity contribution in [2.24, 2.45) is 0 Å². The van der Waals surface area contributed by atoms with E-state index in [0.717, 1.165) is 23.2 Å². The molecule has 0 bridgehead atoms. The maximum Gasteiger partial charge on any atom is 0.0843 e. The zero-order chi connectivity index (χ0) is 21.8. The second-order valence-electron chi connectivity index (χ2n) is 8.46. The van der Waals surface area contributed by atoms with Gasteiger partial charge in [0.25, 0.3) is 0 Å². The predicted molar refractivity (Wildman–Crippen MR) is 131 cm³/mol. The van der Waals surface area contributed by atoms with E-state index in [1.807, 2.05) is 6.07 Å². The van der Waals surface area contributed by atoms with Gasteiger partial charge in [-0.05, 0) is 43.5 Å². The van der Waals surface area contributed by atoms with Gasteiger partial charge in [-0.25, -0.2) is 0 Å². The van der Waals surface area contributed by atoms with Gasteiger partial charge in [-0.3, -0.25) is 0 Å². The van der Waals surface area contributed by atoms with E-state index in [-0.39, 0.29) is 0 Å². The summed E-state index contributed by atoms with van der Waals surface area (Å²) in [6, 6.07) is 28.1. The molecule has 0 amide bonds. The maximum absolute atomic E-state index is 10.9. The zero-order valence-corrected chi connectivity index (χ0v) is 18.7. The summed E-state index contributed by atoms with van der Waals surface area (Å²) < 4.78 is 2.30. The number of hydrogen-bond acceptors (Lipinski definition) is 2. The molecule has 4 rings (SSSR count). The molecular formula is C28H32N2O. The lowest BCUT2D eigenvalue weighted by atomic mass is 9.98. The highest BCUT2D eigenvalue weighted by molar-refractivity contribution is 6.04. The Morgan fingerprint density at radius 2 is 1.55 bits per heavy atom. The number of aryl methyl sites for hydroxylation is 1. The molecule has 2 atom stereocenters. The number of aliphatic hydroxyl groups excluding tert-OH is 1. The van der Waals surface area contributed by atoms with Crippen LogP contribution >= 0.6 is 0 Å². The molecule has 3 aromatic carbocycles. The highest BCUT2D eigenvalue weighted by Gasteiger charge is 2.21. The molecule has 3 heteroatoms. The number of hydrogen-bond donors (Lipinski definition) is 2. The Hall–Kier alpha value is -2.88. The van der Waals surface area contributed by atoms with Gasteiger partial charge in [-0.15, -0.1) is 0 Å². The van der Waals surface area contributed by atoms with Crippen molar-refractivity contribution in [3.8, 4) is 22.4 Å². The Morgan fingerprint density at radius 3 is 2.19 bits per heavy atom. The third-order valence-electron chi connectivity index (χ3n) is 6.04. The molecule has 0 aliphatic heterocycles. The summed E-state index contributed by atoms with van der Waals surface area (Å²) in [5.74, 6) is 0. The first-order valence-corrected chi connectivity index (χ1v) is 11.2. The molecule has 0 saturated heterocycles. The van der Waals surface area contributed by atoms with Crippen LogP contribution < -0.4 is 5.32 Å². The lowest BCUT2D eigenvalue weighted by Crippen LogP contribution is -2.35. The van der Waals surface area contributed by atoms with Crippen LogP contribution in [-0.4, -0.2) is 28.4 Å². The minimum atomic E-state index is -0.475. The van der Waals surface area contributed by atoms with Crippen molar-refractivity contribution in [3.63, 3.8) is 0 Å². The molecule has 3 nitrogen and oxygen atoms in total. The number of benzene rings is 3. The molecule has 160 valence electrons. The largest absolute Gasteiger partial charge is 0.390 e. The first kappa shape index (κ1) is 21.4. The van der Waals surface area contributed by atoms with E-state index in [1.54, 1.807) is 0 Å². The topological polar surface area (TPSA) is 37.2 Å². The quantitative estimate of drug-likeness (QED) is 0.371. The summed E-state index contributed by atoms with van der Waals surface area (Å²) in [5.41, 5.74) is 7.15. The molecule has 0 aliphatic rings. The van der Waals surface area contributed by atoms with Gasteiger partial charge < -0.3 is 15.0 Å². The number of fused-ring (bicyclic) bond motifs is 1. The average Bonchev–Trinajstić information content (AvgIpc) is 3.11. The highest BCUT2D eigenvalue weighted by Crippen LogP contribution is 2.41. The van der Waals surface area contributed by atoms with Crippen LogP contribution in [0.5, 0.6) is 0 Å². The van der Waals surface area contributed by atoms with Gasteiger partial charge in [0.15, 0.2) is 0 Å². The van der Waals surface area contributed by atoms with Gasteiger partial charge in [0.2, 0.25) is 0 Å². The number of nitrogens with zero attached hydrogens (tertiary/aromatic N) is 1. The minimum Gasteiger partial charge on any atom is -0.390 e. The number of aliphatic hydroxyl groups is 1. The van der Waals surface area contributed by atoms with Crippen LogP contribution in [0.3, 0.4) is 0 Å². The normalized spacial score (nSPS) is 13.4. The first-order valence-electron chi connectivity index (χ1n) is 11.2. The third-order valence-corrected chi connectivity index (χ3v) is 6.04. The average molecular weight is 413 g/mol. The fourth-order valence-corrected chi connectivity index (χ4v) is 4.21. The molecule has 1 heterocycles. The maximum atomic E-state index is 10.9. The lowest BCUT2D eigenvalue weighted by Gasteiger charge is -2.19. The monoisotopic (exact) mass is 412 g/mol. The summed E-state index contributed by atoms with van der Waals surface area (Å²) in [6.45, 7) is 7.57. The first-order chi connectivity index (χ1) is 15.1. The van der Waals surface area contributed by atoms with Crippen molar-refractivity contribution >= 4 is 10.9 Å². The number of nitrogens with one attached hydrogen (secondary N) is 1. The summed E-state index contributed by atoms with van der Waals surface area (Å²) in [4.78, 5) is 0. The molecule has 0 aliphatic carbocycles. The van der Waals surface area contributed by atoms with Crippen LogP contribution in [0.25, 0.3) is 33.3 Å². The van der Waals surface area contributed by atoms with Gasteiger partial charge in [0, 0.05) is 29.1 Å². The molecule has 0 fully saturated rings. The molecule has 1 aromatic heterocycles. The van der Waals surface area contributed by atoms with Gasteiger partial charge >= 0.3 is 0 Å².